The second-order valence-corrected chi connectivity index (χ2v) is 8.75. The monoisotopic (exact) mass is 432 g/mol. The van der Waals surface area contributed by atoms with E-state index in [0.717, 1.165) is 10.5 Å². The van der Waals surface area contributed by atoms with Crippen LogP contribution in [0.15, 0.2) is 59.5 Å². The van der Waals surface area contributed by atoms with E-state index in [1.54, 1.807) is 16.7 Å². The molecule has 0 bridgehead atoms. The number of nitrogens with one attached hydrogen (secondary N) is 1. The van der Waals surface area contributed by atoms with Crippen molar-refractivity contribution >= 4 is 35.2 Å². The van der Waals surface area contributed by atoms with E-state index in [4.69, 9.17) is 11.6 Å². The van der Waals surface area contributed by atoms with Gasteiger partial charge in [-0.05, 0) is 50.1 Å². The van der Waals surface area contributed by atoms with Crippen molar-refractivity contribution in [3.05, 3.63) is 65.2 Å². The van der Waals surface area contributed by atoms with Crippen LogP contribution in [-0.2, 0) is 16.1 Å². The maximum Gasteiger partial charge on any atom is 0.243 e. The molecule has 4 nitrogen and oxygen atoms in total. The molecule has 0 aromatic heterocycles. The lowest BCUT2D eigenvalue weighted by molar-refractivity contribution is -0.141. The fraction of sp³-hybridized carbons (Fsp3) is 0.391. The molecule has 0 aliphatic carbocycles. The Morgan fingerprint density at radius 1 is 1.07 bits per heavy atom. The minimum Gasteiger partial charge on any atom is -0.352 e. The average Bonchev–Trinajstić information content (AvgIpc) is 2.69. The molecule has 2 aromatic carbocycles. The van der Waals surface area contributed by atoms with E-state index in [-0.39, 0.29) is 17.9 Å². The molecule has 29 heavy (non-hydrogen) atoms. The van der Waals surface area contributed by atoms with Gasteiger partial charge in [-0.25, -0.2) is 0 Å². The van der Waals surface area contributed by atoms with Crippen LogP contribution in [0.4, 0.5) is 0 Å². The zero-order chi connectivity index (χ0) is 21.2. The summed E-state index contributed by atoms with van der Waals surface area (Å²) in [6.45, 7) is 6.22. The highest BCUT2D eigenvalue weighted by molar-refractivity contribution is 7.99. The lowest BCUT2D eigenvalue weighted by atomic mass is 10.1. The maximum absolute atomic E-state index is 13.1. The lowest BCUT2D eigenvalue weighted by Crippen LogP contribution is -2.50. The van der Waals surface area contributed by atoms with Gasteiger partial charge < -0.3 is 10.2 Å². The van der Waals surface area contributed by atoms with E-state index in [1.807, 2.05) is 75.4 Å². The zero-order valence-corrected chi connectivity index (χ0v) is 18.8. The molecule has 156 valence electrons. The Hall–Kier alpha value is -1.98. The van der Waals surface area contributed by atoms with Crippen molar-refractivity contribution < 1.29 is 9.59 Å². The average molecular weight is 433 g/mol. The minimum atomic E-state index is -0.481. The highest BCUT2D eigenvalue weighted by atomic mass is 35.5. The van der Waals surface area contributed by atoms with Crippen LogP contribution in [0, 0.1) is 0 Å². The van der Waals surface area contributed by atoms with Gasteiger partial charge in [0.2, 0.25) is 11.8 Å². The number of rotatable bonds is 10. The quantitative estimate of drug-likeness (QED) is 0.528. The highest BCUT2D eigenvalue weighted by Crippen LogP contribution is 2.22. The third kappa shape index (κ3) is 7.75. The number of hydrogen-bond acceptors (Lipinski definition) is 3. The van der Waals surface area contributed by atoms with Gasteiger partial charge in [0.15, 0.2) is 0 Å². The lowest BCUT2D eigenvalue weighted by Gasteiger charge is -2.31. The number of halogens is 1. The SMILES string of the molecule is CCC(C(=O)NC(C)C)N(Cc1ccccc1)C(=O)CCSc1ccc(Cl)cc1. The van der Waals surface area contributed by atoms with Gasteiger partial charge in [-0.15, -0.1) is 11.8 Å². The molecule has 0 saturated heterocycles. The Balaban J connectivity index is 2.08. The molecule has 0 fully saturated rings. The van der Waals surface area contributed by atoms with Crippen molar-refractivity contribution in [2.45, 2.75) is 57.1 Å². The Labute approximate surface area is 183 Å². The molecular formula is C23H29ClN2O2S. The summed E-state index contributed by atoms with van der Waals surface area (Å²) in [7, 11) is 0. The molecule has 0 aliphatic heterocycles. The van der Waals surface area contributed by atoms with Crippen LogP contribution < -0.4 is 5.32 Å². The molecule has 1 N–H and O–H groups in total. The number of carbonyl (C=O) groups excluding carboxylic acids is 2. The summed E-state index contributed by atoms with van der Waals surface area (Å²) in [6, 6.07) is 16.9. The van der Waals surface area contributed by atoms with Gasteiger partial charge in [0.05, 0.1) is 0 Å². The summed E-state index contributed by atoms with van der Waals surface area (Å²) in [5.74, 6) is 0.534. The molecule has 2 rings (SSSR count). The molecule has 0 aliphatic rings. The van der Waals surface area contributed by atoms with Crippen LogP contribution in [0.2, 0.25) is 5.02 Å². The highest BCUT2D eigenvalue weighted by Gasteiger charge is 2.28. The van der Waals surface area contributed by atoms with Crippen LogP contribution in [-0.4, -0.2) is 34.6 Å². The smallest absolute Gasteiger partial charge is 0.243 e. The van der Waals surface area contributed by atoms with Crippen molar-refractivity contribution in [2.24, 2.45) is 0 Å². The van der Waals surface area contributed by atoms with Crippen LogP contribution in [0.3, 0.4) is 0 Å². The largest absolute Gasteiger partial charge is 0.352 e. The first-order valence-electron chi connectivity index (χ1n) is 9.92. The summed E-state index contributed by atoms with van der Waals surface area (Å²) in [5.41, 5.74) is 1.02. The molecule has 0 radical (unpaired) electrons. The van der Waals surface area contributed by atoms with Gasteiger partial charge in [0, 0.05) is 34.7 Å². The summed E-state index contributed by atoms with van der Waals surface area (Å²) < 4.78 is 0. The van der Waals surface area contributed by atoms with Gasteiger partial charge in [-0.3, -0.25) is 9.59 Å². The normalized spacial score (nSPS) is 11.9. The van der Waals surface area contributed by atoms with Crippen molar-refractivity contribution in [1.29, 1.82) is 0 Å². The van der Waals surface area contributed by atoms with Crippen LogP contribution >= 0.6 is 23.4 Å². The van der Waals surface area contributed by atoms with Crippen LogP contribution in [0.1, 0.15) is 39.2 Å². The van der Waals surface area contributed by atoms with Crippen molar-refractivity contribution in [3.8, 4) is 0 Å². The minimum absolute atomic E-state index is 0.0129. The Morgan fingerprint density at radius 2 is 1.72 bits per heavy atom. The zero-order valence-electron chi connectivity index (χ0n) is 17.2. The summed E-state index contributed by atoms with van der Waals surface area (Å²) in [6.07, 6.45) is 0.938. The third-order valence-corrected chi connectivity index (χ3v) is 5.68. The van der Waals surface area contributed by atoms with E-state index < -0.39 is 6.04 Å². The van der Waals surface area contributed by atoms with E-state index >= 15 is 0 Å². The molecule has 1 atom stereocenters. The molecule has 0 heterocycles. The van der Waals surface area contributed by atoms with Gasteiger partial charge in [-0.1, -0.05) is 48.9 Å². The topological polar surface area (TPSA) is 49.4 Å². The summed E-state index contributed by atoms with van der Waals surface area (Å²) >= 11 is 7.54. The number of thioether (sulfide) groups is 1. The number of nitrogens with zero attached hydrogens (tertiary/aromatic N) is 1. The van der Waals surface area contributed by atoms with E-state index in [0.29, 0.717) is 30.2 Å². The first kappa shape index (κ1) is 23.3. The van der Waals surface area contributed by atoms with E-state index in [9.17, 15) is 9.59 Å². The number of benzene rings is 2. The molecule has 2 aromatic rings. The van der Waals surface area contributed by atoms with E-state index in [2.05, 4.69) is 5.32 Å². The molecule has 2 amide bonds. The summed E-state index contributed by atoms with van der Waals surface area (Å²) in [5, 5.41) is 3.65. The first-order chi connectivity index (χ1) is 13.9. The molecular weight excluding hydrogens is 404 g/mol. The van der Waals surface area contributed by atoms with Gasteiger partial charge >= 0.3 is 0 Å². The number of amides is 2. The Bertz CT molecular complexity index is 781. The van der Waals surface area contributed by atoms with Crippen LogP contribution in [0.5, 0.6) is 0 Å². The molecule has 0 spiro atoms. The fourth-order valence-corrected chi connectivity index (χ4v) is 3.98. The van der Waals surface area contributed by atoms with Gasteiger partial charge in [0.1, 0.15) is 6.04 Å². The predicted octanol–water partition coefficient (Wildman–Crippen LogP) is 5.15. The standard InChI is InChI=1S/C23H29ClN2O2S/c1-4-21(23(28)25-17(2)3)26(16-18-8-6-5-7-9-18)22(27)14-15-29-20-12-10-19(24)11-13-20/h5-13,17,21H,4,14-16H2,1-3H3,(H,25,28). The Kier molecular flexibility index (Phi) is 9.55. The maximum atomic E-state index is 13.1. The van der Waals surface area contributed by atoms with E-state index in [1.165, 1.54) is 0 Å². The van der Waals surface area contributed by atoms with Gasteiger partial charge in [0.25, 0.3) is 0 Å². The number of carbonyl (C=O) groups is 2. The third-order valence-electron chi connectivity index (χ3n) is 4.41. The van der Waals surface area contributed by atoms with Crippen molar-refractivity contribution in [1.82, 2.24) is 10.2 Å². The Morgan fingerprint density at radius 3 is 2.31 bits per heavy atom. The number of hydrogen-bond donors (Lipinski definition) is 1. The first-order valence-corrected chi connectivity index (χ1v) is 11.3. The molecule has 6 heteroatoms. The second kappa shape index (κ2) is 11.9. The van der Waals surface area contributed by atoms with Gasteiger partial charge in [-0.2, -0.15) is 0 Å². The summed E-state index contributed by atoms with van der Waals surface area (Å²) in [4.78, 5) is 28.6. The molecule has 1 unspecified atom stereocenters. The fourth-order valence-electron chi connectivity index (χ4n) is 3.01. The van der Waals surface area contributed by atoms with Crippen LogP contribution in [0.25, 0.3) is 0 Å². The predicted molar refractivity (Wildman–Crippen MR) is 121 cm³/mol. The molecule has 0 saturated carbocycles. The van der Waals surface area contributed by atoms with Crippen molar-refractivity contribution in [2.75, 3.05) is 5.75 Å². The second-order valence-electron chi connectivity index (χ2n) is 7.15. The van der Waals surface area contributed by atoms with Crippen molar-refractivity contribution in [3.63, 3.8) is 0 Å².